The summed E-state index contributed by atoms with van der Waals surface area (Å²) in [5.41, 5.74) is 1.41. The van der Waals surface area contributed by atoms with E-state index in [9.17, 15) is 18.4 Å². The second-order valence-electron chi connectivity index (χ2n) is 5.06. The van der Waals surface area contributed by atoms with Crippen LogP contribution in [0.5, 0.6) is 5.75 Å². The minimum absolute atomic E-state index is 0.0888. The number of nitrogens with one attached hydrogen (secondary N) is 1. The van der Waals surface area contributed by atoms with Gasteiger partial charge in [-0.15, -0.1) is 0 Å². The molecule has 26 heavy (non-hydrogen) atoms. The number of amides is 1. The topological polar surface area (TPSA) is 88.4 Å². The summed E-state index contributed by atoms with van der Waals surface area (Å²) >= 11 is 0. The number of nitrogens with zero attached hydrogens (tertiary/aromatic N) is 1. The van der Waals surface area contributed by atoms with Crippen LogP contribution in [0.4, 0.5) is 14.5 Å². The van der Waals surface area contributed by atoms with Crippen molar-refractivity contribution in [2.45, 2.75) is 13.0 Å². The van der Waals surface area contributed by atoms with E-state index < -0.39 is 25.1 Å². The summed E-state index contributed by atoms with van der Waals surface area (Å²) in [6.07, 6.45) is 0.271. The number of nitriles is 1. The lowest BCUT2D eigenvalue weighted by molar-refractivity contribution is -0.119. The molecule has 0 unspecified atom stereocenters. The van der Waals surface area contributed by atoms with E-state index in [-0.39, 0.29) is 17.7 Å². The Morgan fingerprint density at radius 3 is 2.31 bits per heavy atom. The summed E-state index contributed by atoms with van der Waals surface area (Å²) in [6.45, 7) is -3.46. The van der Waals surface area contributed by atoms with Gasteiger partial charge < -0.3 is 14.8 Å². The Balaban J connectivity index is 1.82. The molecule has 1 amide bonds. The summed E-state index contributed by atoms with van der Waals surface area (Å²) in [7, 11) is 0. The molecule has 0 radical (unpaired) electrons. The van der Waals surface area contributed by atoms with Gasteiger partial charge in [-0.1, -0.05) is 12.1 Å². The Kier molecular flexibility index (Phi) is 6.62. The van der Waals surface area contributed by atoms with Gasteiger partial charge in [-0.05, 0) is 42.0 Å². The fourth-order valence-electron chi connectivity index (χ4n) is 1.98. The fraction of sp³-hybridized carbons (Fsp3) is 0.167. The van der Waals surface area contributed by atoms with Gasteiger partial charge in [0, 0.05) is 5.69 Å². The van der Waals surface area contributed by atoms with E-state index >= 15 is 0 Å². The summed E-state index contributed by atoms with van der Waals surface area (Å²) in [6, 6.07) is 13.6. The summed E-state index contributed by atoms with van der Waals surface area (Å²) in [5, 5.41) is 11.1. The SMILES string of the molecule is N#CCc1ccc(NC(=O)COC(=O)c2ccc(OC(F)F)cc2)cc1. The van der Waals surface area contributed by atoms with Crippen LogP contribution in [0.25, 0.3) is 0 Å². The lowest BCUT2D eigenvalue weighted by atomic mass is 10.1. The second kappa shape index (κ2) is 9.13. The molecular formula is C18H14F2N2O4. The van der Waals surface area contributed by atoms with E-state index in [2.05, 4.69) is 10.1 Å². The molecule has 0 aliphatic rings. The van der Waals surface area contributed by atoms with Gasteiger partial charge in [0.2, 0.25) is 0 Å². The van der Waals surface area contributed by atoms with E-state index in [1.165, 1.54) is 24.3 Å². The first kappa shape index (κ1) is 18.9. The molecule has 8 heteroatoms. The molecule has 6 nitrogen and oxygen atoms in total. The van der Waals surface area contributed by atoms with Gasteiger partial charge in [0.05, 0.1) is 18.1 Å². The van der Waals surface area contributed by atoms with Crippen molar-refractivity contribution in [2.24, 2.45) is 0 Å². The highest BCUT2D eigenvalue weighted by atomic mass is 19.3. The monoisotopic (exact) mass is 360 g/mol. The van der Waals surface area contributed by atoms with Crippen LogP contribution in [0, 0.1) is 11.3 Å². The Morgan fingerprint density at radius 1 is 1.08 bits per heavy atom. The van der Waals surface area contributed by atoms with E-state index in [0.717, 1.165) is 5.56 Å². The first-order chi connectivity index (χ1) is 12.5. The molecule has 0 aliphatic heterocycles. The summed E-state index contributed by atoms with van der Waals surface area (Å²) < 4.78 is 33.1. The highest BCUT2D eigenvalue weighted by molar-refractivity contribution is 5.95. The lowest BCUT2D eigenvalue weighted by Gasteiger charge is -2.08. The number of rotatable bonds is 7. The Hall–Kier alpha value is -3.47. The maximum atomic E-state index is 12.1. The molecule has 0 fully saturated rings. The zero-order valence-electron chi connectivity index (χ0n) is 13.4. The van der Waals surface area contributed by atoms with Crippen molar-refractivity contribution >= 4 is 17.6 Å². The van der Waals surface area contributed by atoms with Crippen molar-refractivity contribution in [1.82, 2.24) is 0 Å². The van der Waals surface area contributed by atoms with Crippen molar-refractivity contribution in [1.29, 1.82) is 5.26 Å². The molecule has 0 bridgehead atoms. The number of esters is 1. The Bertz CT molecular complexity index is 799. The quantitative estimate of drug-likeness (QED) is 0.766. The van der Waals surface area contributed by atoms with E-state index in [1.54, 1.807) is 24.3 Å². The number of benzene rings is 2. The average molecular weight is 360 g/mol. The van der Waals surface area contributed by atoms with Gasteiger partial charge in [0.25, 0.3) is 5.91 Å². The number of carbonyl (C=O) groups excluding carboxylic acids is 2. The normalized spacial score (nSPS) is 10.1. The number of halogens is 2. The zero-order chi connectivity index (χ0) is 18.9. The van der Waals surface area contributed by atoms with Crippen molar-refractivity contribution in [3.63, 3.8) is 0 Å². The number of carbonyl (C=O) groups is 2. The van der Waals surface area contributed by atoms with Gasteiger partial charge in [-0.3, -0.25) is 4.79 Å². The van der Waals surface area contributed by atoms with E-state index in [0.29, 0.717) is 5.69 Å². The fourth-order valence-corrected chi connectivity index (χ4v) is 1.98. The van der Waals surface area contributed by atoms with Crippen LogP contribution >= 0.6 is 0 Å². The van der Waals surface area contributed by atoms with Crippen molar-refractivity contribution < 1.29 is 27.8 Å². The van der Waals surface area contributed by atoms with Gasteiger partial charge >= 0.3 is 12.6 Å². The largest absolute Gasteiger partial charge is 0.452 e. The maximum Gasteiger partial charge on any atom is 0.387 e. The molecule has 1 N–H and O–H groups in total. The third-order valence-electron chi connectivity index (χ3n) is 3.17. The Morgan fingerprint density at radius 2 is 1.73 bits per heavy atom. The molecule has 0 saturated carbocycles. The number of hydrogen-bond acceptors (Lipinski definition) is 5. The van der Waals surface area contributed by atoms with Gasteiger partial charge in [-0.2, -0.15) is 14.0 Å². The first-order valence-corrected chi connectivity index (χ1v) is 7.45. The van der Waals surface area contributed by atoms with Crippen LogP contribution < -0.4 is 10.1 Å². The highest BCUT2D eigenvalue weighted by Crippen LogP contribution is 2.15. The number of anilines is 1. The van der Waals surface area contributed by atoms with Gasteiger partial charge in [0.15, 0.2) is 6.61 Å². The minimum Gasteiger partial charge on any atom is -0.452 e. The standard InChI is InChI=1S/C18H14F2N2O4/c19-18(20)26-15-7-3-13(4-8-15)17(24)25-11-16(23)22-14-5-1-12(2-6-14)9-10-21/h1-8,18H,9,11H2,(H,22,23). The predicted octanol–water partition coefficient (Wildman–Crippen LogP) is 3.15. The number of ether oxygens (including phenoxy) is 2. The number of alkyl halides is 2. The van der Waals surface area contributed by atoms with Crippen LogP contribution in [0.2, 0.25) is 0 Å². The molecule has 134 valence electrons. The molecule has 2 aromatic carbocycles. The molecule has 0 heterocycles. The summed E-state index contributed by atoms with van der Waals surface area (Å²) in [5.74, 6) is -1.40. The summed E-state index contributed by atoms with van der Waals surface area (Å²) in [4.78, 5) is 23.6. The van der Waals surface area contributed by atoms with E-state index in [4.69, 9.17) is 10.00 Å². The average Bonchev–Trinajstić information content (AvgIpc) is 2.62. The molecule has 0 saturated heterocycles. The van der Waals surface area contributed by atoms with Crippen LogP contribution in [0.1, 0.15) is 15.9 Å². The smallest absolute Gasteiger partial charge is 0.387 e. The molecule has 2 rings (SSSR count). The van der Waals surface area contributed by atoms with Crippen LogP contribution in [-0.4, -0.2) is 25.1 Å². The third-order valence-corrected chi connectivity index (χ3v) is 3.17. The molecule has 2 aromatic rings. The van der Waals surface area contributed by atoms with Gasteiger partial charge in [-0.25, -0.2) is 4.79 Å². The van der Waals surface area contributed by atoms with Gasteiger partial charge in [0.1, 0.15) is 5.75 Å². The maximum absolute atomic E-state index is 12.1. The first-order valence-electron chi connectivity index (χ1n) is 7.45. The van der Waals surface area contributed by atoms with Crippen LogP contribution in [0.15, 0.2) is 48.5 Å². The zero-order valence-corrected chi connectivity index (χ0v) is 13.4. The molecule has 0 spiro atoms. The molecule has 0 aliphatic carbocycles. The van der Waals surface area contributed by atoms with Crippen molar-refractivity contribution in [3.05, 3.63) is 59.7 Å². The predicted molar refractivity (Wildman–Crippen MR) is 87.7 cm³/mol. The molecule has 0 atom stereocenters. The van der Waals surface area contributed by atoms with Crippen molar-refractivity contribution in [3.8, 4) is 11.8 Å². The lowest BCUT2D eigenvalue weighted by Crippen LogP contribution is -2.20. The van der Waals surface area contributed by atoms with Crippen LogP contribution in [0.3, 0.4) is 0 Å². The Labute approximate surface area is 148 Å². The molecule has 0 aromatic heterocycles. The number of hydrogen-bond donors (Lipinski definition) is 1. The minimum atomic E-state index is -2.95. The van der Waals surface area contributed by atoms with E-state index in [1.807, 2.05) is 6.07 Å². The highest BCUT2D eigenvalue weighted by Gasteiger charge is 2.11. The van der Waals surface area contributed by atoms with Crippen LogP contribution in [-0.2, 0) is 16.0 Å². The second-order valence-corrected chi connectivity index (χ2v) is 5.06. The molecular weight excluding hydrogens is 346 g/mol. The third kappa shape index (κ3) is 5.87. The van der Waals surface area contributed by atoms with Crippen molar-refractivity contribution in [2.75, 3.05) is 11.9 Å².